The Kier molecular flexibility index (Phi) is 3.74. The molecule has 0 saturated heterocycles. The average molecular weight is 283 g/mol. The van der Waals surface area contributed by atoms with Gasteiger partial charge in [0.1, 0.15) is 5.82 Å². The third-order valence-corrected chi connectivity index (χ3v) is 2.61. The Morgan fingerprint density at radius 1 is 0.950 bits per heavy atom. The molecular formula is C14H9F4NO. The van der Waals surface area contributed by atoms with Crippen LogP contribution in [0.25, 0.3) is 0 Å². The van der Waals surface area contributed by atoms with E-state index in [9.17, 15) is 22.4 Å². The van der Waals surface area contributed by atoms with Crippen molar-refractivity contribution in [3.8, 4) is 0 Å². The fourth-order valence-corrected chi connectivity index (χ4v) is 1.64. The van der Waals surface area contributed by atoms with Crippen molar-refractivity contribution in [2.45, 2.75) is 6.92 Å². The number of rotatable bonds is 2. The zero-order valence-corrected chi connectivity index (χ0v) is 10.3. The lowest BCUT2D eigenvalue weighted by Crippen LogP contribution is -2.14. The minimum Gasteiger partial charge on any atom is -0.322 e. The first-order valence-electron chi connectivity index (χ1n) is 5.60. The van der Waals surface area contributed by atoms with E-state index >= 15 is 0 Å². The number of aryl methyl sites for hydroxylation is 1. The van der Waals surface area contributed by atoms with Crippen molar-refractivity contribution < 1.29 is 22.4 Å². The topological polar surface area (TPSA) is 29.1 Å². The van der Waals surface area contributed by atoms with E-state index in [1.807, 2.05) is 0 Å². The van der Waals surface area contributed by atoms with Crippen LogP contribution in [0.15, 0.2) is 30.3 Å². The summed E-state index contributed by atoms with van der Waals surface area (Å²) in [5.41, 5.74) is 0.0791. The second-order valence-electron chi connectivity index (χ2n) is 4.19. The zero-order valence-electron chi connectivity index (χ0n) is 10.3. The molecule has 0 atom stereocenters. The lowest BCUT2D eigenvalue weighted by Gasteiger charge is -2.08. The van der Waals surface area contributed by atoms with Crippen molar-refractivity contribution in [1.29, 1.82) is 0 Å². The van der Waals surface area contributed by atoms with Crippen LogP contribution in [0.5, 0.6) is 0 Å². The number of anilines is 1. The van der Waals surface area contributed by atoms with E-state index < -0.39 is 29.2 Å². The molecule has 0 fully saturated rings. The fourth-order valence-electron chi connectivity index (χ4n) is 1.64. The summed E-state index contributed by atoms with van der Waals surface area (Å²) in [6.45, 7) is 1.66. The predicted molar refractivity (Wildman–Crippen MR) is 65.4 cm³/mol. The Morgan fingerprint density at radius 3 is 2.15 bits per heavy atom. The van der Waals surface area contributed by atoms with Crippen LogP contribution in [0.4, 0.5) is 23.2 Å². The van der Waals surface area contributed by atoms with Crippen molar-refractivity contribution in [2.24, 2.45) is 0 Å². The Bertz CT molecular complexity index is 662. The summed E-state index contributed by atoms with van der Waals surface area (Å²) in [5.74, 6) is -6.16. The Hall–Kier alpha value is -2.37. The van der Waals surface area contributed by atoms with E-state index in [4.69, 9.17) is 0 Å². The molecule has 1 amide bonds. The summed E-state index contributed by atoms with van der Waals surface area (Å²) in [7, 11) is 0. The minimum absolute atomic E-state index is 0.268. The maximum atomic E-state index is 13.5. The summed E-state index contributed by atoms with van der Waals surface area (Å²) < 4.78 is 52.2. The first-order chi connectivity index (χ1) is 9.38. The van der Waals surface area contributed by atoms with Crippen molar-refractivity contribution >= 4 is 11.6 Å². The SMILES string of the molecule is Cc1ccc(F)c(C(=O)Nc2cc(F)c(F)c(F)c2)c1. The van der Waals surface area contributed by atoms with Crippen molar-refractivity contribution in [2.75, 3.05) is 5.32 Å². The number of carbonyl (C=O) groups excluding carboxylic acids is 1. The molecule has 104 valence electrons. The molecule has 2 aromatic rings. The first-order valence-corrected chi connectivity index (χ1v) is 5.60. The van der Waals surface area contributed by atoms with E-state index in [1.165, 1.54) is 12.1 Å². The zero-order chi connectivity index (χ0) is 14.9. The van der Waals surface area contributed by atoms with E-state index in [2.05, 4.69) is 5.32 Å². The molecule has 1 N–H and O–H groups in total. The third kappa shape index (κ3) is 2.79. The van der Waals surface area contributed by atoms with Gasteiger partial charge < -0.3 is 5.32 Å². The smallest absolute Gasteiger partial charge is 0.258 e. The maximum absolute atomic E-state index is 13.5. The molecule has 0 heterocycles. The van der Waals surface area contributed by atoms with E-state index in [0.29, 0.717) is 17.7 Å². The molecule has 20 heavy (non-hydrogen) atoms. The molecule has 0 saturated carbocycles. The van der Waals surface area contributed by atoms with Crippen LogP contribution in [0.1, 0.15) is 15.9 Å². The number of benzene rings is 2. The van der Waals surface area contributed by atoms with Gasteiger partial charge >= 0.3 is 0 Å². The molecule has 0 spiro atoms. The van der Waals surface area contributed by atoms with Gasteiger partial charge in [-0.25, -0.2) is 17.6 Å². The van der Waals surface area contributed by atoms with Crippen LogP contribution in [-0.4, -0.2) is 5.91 Å². The van der Waals surface area contributed by atoms with Gasteiger partial charge in [0.25, 0.3) is 5.91 Å². The molecule has 2 nitrogen and oxygen atoms in total. The normalized spacial score (nSPS) is 10.4. The van der Waals surface area contributed by atoms with Gasteiger partial charge in [-0.2, -0.15) is 0 Å². The molecule has 0 aliphatic carbocycles. The fraction of sp³-hybridized carbons (Fsp3) is 0.0714. The lowest BCUT2D eigenvalue weighted by molar-refractivity contribution is 0.102. The number of nitrogens with one attached hydrogen (secondary N) is 1. The minimum atomic E-state index is -1.63. The van der Waals surface area contributed by atoms with Crippen LogP contribution < -0.4 is 5.32 Å². The lowest BCUT2D eigenvalue weighted by atomic mass is 10.1. The number of amides is 1. The van der Waals surface area contributed by atoms with E-state index in [1.54, 1.807) is 6.92 Å². The van der Waals surface area contributed by atoms with Crippen molar-refractivity contribution in [3.63, 3.8) is 0 Å². The van der Waals surface area contributed by atoms with Gasteiger partial charge in [0.15, 0.2) is 17.5 Å². The van der Waals surface area contributed by atoms with Crippen molar-refractivity contribution in [3.05, 3.63) is 64.7 Å². The van der Waals surface area contributed by atoms with Crippen LogP contribution >= 0.6 is 0 Å². The third-order valence-electron chi connectivity index (χ3n) is 2.61. The van der Waals surface area contributed by atoms with Crippen LogP contribution in [0, 0.1) is 30.2 Å². The molecular weight excluding hydrogens is 274 g/mol. The number of halogens is 4. The van der Waals surface area contributed by atoms with Gasteiger partial charge in [0, 0.05) is 17.8 Å². The Morgan fingerprint density at radius 2 is 1.55 bits per heavy atom. The van der Waals surface area contributed by atoms with Crippen molar-refractivity contribution in [1.82, 2.24) is 0 Å². The van der Waals surface area contributed by atoms with Gasteiger partial charge in [-0.05, 0) is 19.1 Å². The summed E-state index contributed by atoms with van der Waals surface area (Å²) in [5, 5.41) is 2.11. The Balaban J connectivity index is 2.30. The molecule has 0 bridgehead atoms. The molecule has 0 unspecified atom stereocenters. The largest absolute Gasteiger partial charge is 0.322 e. The van der Waals surface area contributed by atoms with E-state index in [0.717, 1.165) is 6.07 Å². The summed E-state index contributed by atoms with van der Waals surface area (Å²) >= 11 is 0. The van der Waals surface area contributed by atoms with Gasteiger partial charge in [0.2, 0.25) is 0 Å². The molecule has 6 heteroatoms. The second-order valence-corrected chi connectivity index (χ2v) is 4.19. The highest BCUT2D eigenvalue weighted by Gasteiger charge is 2.15. The van der Waals surface area contributed by atoms with Crippen LogP contribution in [0.2, 0.25) is 0 Å². The summed E-state index contributed by atoms with van der Waals surface area (Å²) in [6.07, 6.45) is 0. The Labute approximate surface area is 112 Å². The molecule has 0 aliphatic rings. The quantitative estimate of drug-likeness (QED) is 0.659. The molecule has 2 aromatic carbocycles. The monoisotopic (exact) mass is 283 g/mol. The average Bonchev–Trinajstić information content (AvgIpc) is 2.38. The second kappa shape index (κ2) is 5.32. The number of hydrogen-bond donors (Lipinski definition) is 1. The molecule has 2 rings (SSSR count). The highest BCUT2D eigenvalue weighted by Crippen LogP contribution is 2.19. The molecule has 0 radical (unpaired) electrons. The predicted octanol–water partition coefficient (Wildman–Crippen LogP) is 3.80. The van der Waals surface area contributed by atoms with Gasteiger partial charge in [0.05, 0.1) is 5.56 Å². The standard InChI is InChI=1S/C14H9F4NO/c1-7-2-3-10(15)9(4-7)14(20)19-8-5-11(16)13(18)12(17)6-8/h2-6H,1H3,(H,19,20). The maximum Gasteiger partial charge on any atom is 0.258 e. The van der Waals surface area contributed by atoms with Crippen LogP contribution in [-0.2, 0) is 0 Å². The number of carbonyl (C=O) groups is 1. The van der Waals surface area contributed by atoms with Gasteiger partial charge in [-0.3, -0.25) is 4.79 Å². The number of hydrogen-bond acceptors (Lipinski definition) is 1. The van der Waals surface area contributed by atoms with Gasteiger partial charge in [-0.1, -0.05) is 11.6 Å². The summed E-state index contributed by atoms with van der Waals surface area (Å²) in [6, 6.07) is 5.11. The van der Waals surface area contributed by atoms with E-state index in [-0.39, 0.29) is 11.3 Å². The molecule has 0 aromatic heterocycles. The van der Waals surface area contributed by atoms with Gasteiger partial charge in [-0.15, -0.1) is 0 Å². The highest BCUT2D eigenvalue weighted by atomic mass is 19.2. The highest BCUT2D eigenvalue weighted by molar-refractivity contribution is 6.04. The first kappa shape index (κ1) is 14.0. The molecule has 0 aliphatic heterocycles. The van der Waals surface area contributed by atoms with Crippen LogP contribution in [0.3, 0.4) is 0 Å². The summed E-state index contributed by atoms with van der Waals surface area (Å²) in [4.78, 5) is 11.8.